The molecule has 0 aliphatic heterocycles. The Morgan fingerprint density at radius 1 is 1.73 bits per heavy atom. The van der Waals surface area contributed by atoms with Crippen molar-refractivity contribution in [2.45, 2.75) is 5.75 Å². The van der Waals surface area contributed by atoms with E-state index in [0.717, 1.165) is 5.01 Å². The van der Waals surface area contributed by atoms with Crippen LogP contribution in [0.15, 0.2) is 10.4 Å². The molecule has 0 spiro atoms. The molecule has 0 saturated heterocycles. The van der Waals surface area contributed by atoms with Crippen LogP contribution < -0.4 is 11.5 Å². The van der Waals surface area contributed by atoms with E-state index < -0.39 is 0 Å². The Morgan fingerprint density at radius 2 is 2.45 bits per heavy atom. The second-order valence-electron chi connectivity index (χ2n) is 1.79. The van der Waals surface area contributed by atoms with Crippen molar-refractivity contribution in [3.63, 3.8) is 0 Å². The minimum atomic E-state index is 0.0287. The van der Waals surface area contributed by atoms with Gasteiger partial charge >= 0.3 is 0 Å². The van der Waals surface area contributed by atoms with Crippen LogP contribution in [0.5, 0.6) is 0 Å². The van der Waals surface area contributed by atoms with Gasteiger partial charge in [0.15, 0.2) is 11.8 Å². The Kier molecular flexibility index (Phi) is 2.72. The summed E-state index contributed by atoms with van der Waals surface area (Å²) in [5.74, 6) is 1.20. The van der Waals surface area contributed by atoms with Gasteiger partial charge in [0, 0.05) is 11.1 Å². The molecule has 0 radical (unpaired) electrons. The van der Waals surface area contributed by atoms with Gasteiger partial charge < -0.3 is 11.5 Å². The molecular weight excluding hydrogens is 180 g/mol. The molecule has 0 aromatic carbocycles. The summed E-state index contributed by atoms with van der Waals surface area (Å²) in [7, 11) is 0. The summed E-state index contributed by atoms with van der Waals surface area (Å²) in [5.41, 5.74) is 10.3. The largest absolute Gasteiger partial charge is 0.370 e. The van der Waals surface area contributed by atoms with Crippen molar-refractivity contribution < 1.29 is 0 Å². The molecule has 0 aliphatic rings. The van der Waals surface area contributed by atoms with Crippen LogP contribution in [0, 0.1) is 0 Å². The molecule has 1 rings (SSSR count). The van der Waals surface area contributed by atoms with Gasteiger partial charge in [-0.05, 0) is 0 Å². The van der Waals surface area contributed by atoms with Crippen molar-refractivity contribution in [1.82, 2.24) is 4.98 Å². The fourth-order valence-corrected chi connectivity index (χ4v) is 1.42. The van der Waals surface area contributed by atoms with Crippen LogP contribution in [0.25, 0.3) is 0 Å². The van der Waals surface area contributed by atoms with Crippen molar-refractivity contribution in [2.75, 3.05) is 0 Å². The second-order valence-corrected chi connectivity index (χ2v) is 3.05. The molecule has 60 valence electrons. The standard InChI is InChI=1S/C5H8N4S2/c6-5(7)9-3-2-11-4(1-10)8-3/h2,10H,1H2,(H4,6,7,9). The van der Waals surface area contributed by atoms with Gasteiger partial charge in [-0.1, -0.05) is 0 Å². The van der Waals surface area contributed by atoms with E-state index in [-0.39, 0.29) is 5.96 Å². The van der Waals surface area contributed by atoms with Crippen LogP contribution >= 0.6 is 24.0 Å². The van der Waals surface area contributed by atoms with Gasteiger partial charge in [0.25, 0.3) is 0 Å². The maximum Gasteiger partial charge on any atom is 0.192 e. The van der Waals surface area contributed by atoms with Gasteiger partial charge in [-0.2, -0.15) is 17.6 Å². The predicted molar refractivity (Wildman–Crippen MR) is 50.3 cm³/mol. The molecule has 0 unspecified atom stereocenters. The molecule has 1 heterocycles. The number of nitrogens with two attached hydrogens (primary N) is 2. The second kappa shape index (κ2) is 3.59. The fourth-order valence-electron chi connectivity index (χ4n) is 0.557. The third kappa shape index (κ3) is 2.39. The van der Waals surface area contributed by atoms with Gasteiger partial charge in [0.2, 0.25) is 0 Å². The average Bonchev–Trinajstić information content (AvgIpc) is 2.34. The first-order valence-electron chi connectivity index (χ1n) is 2.87. The van der Waals surface area contributed by atoms with Crippen molar-refractivity contribution in [3.05, 3.63) is 10.4 Å². The predicted octanol–water partition coefficient (Wildman–Crippen LogP) is 0.478. The molecule has 0 bridgehead atoms. The molecule has 4 nitrogen and oxygen atoms in total. The quantitative estimate of drug-likeness (QED) is 0.359. The molecule has 0 atom stereocenters. The van der Waals surface area contributed by atoms with Crippen molar-refractivity contribution in [1.29, 1.82) is 0 Å². The lowest BCUT2D eigenvalue weighted by molar-refractivity contribution is 1.23. The molecule has 11 heavy (non-hydrogen) atoms. The van der Waals surface area contributed by atoms with Crippen LogP contribution in [0.3, 0.4) is 0 Å². The fraction of sp³-hybridized carbons (Fsp3) is 0.200. The van der Waals surface area contributed by atoms with Gasteiger partial charge in [-0.3, -0.25) is 0 Å². The van der Waals surface area contributed by atoms with Gasteiger partial charge in [-0.25, -0.2) is 4.98 Å². The highest BCUT2D eigenvalue weighted by Crippen LogP contribution is 2.17. The Hall–Kier alpha value is -0.750. The Labute approximate surface area is 73.8 Å². The highest BCUT2D eigenvalue weighted by atomic mass is 32.1. The number of thiazole rings is 1. The topological polar surface area (TPSA) is 77.3 Å². The average molecular weight is 188 g/mol. The third-order valence-corrected chi connectivity index (χ3v) is 2.27. The van der Waals surface area contributed by atoms with E-state index in [1.807, 2.05) is 0 Å². The van der Waals surface area contributed by atoms with Gasteiger partial charge in [0.1, 0.15) is 5.01 Å². The third-order valence-electron chi connectivity index (χ3n) is 0.919. The summed E-state index contributed by atoms with van der Waals surface area (Å²) in [6, 6.07) is 0. The highest BCUT2D eigenvalue weighted by Gasteiger charge is 1.97. The molecule has 1 aromatic heterocycles. The zero-order valence-corrected chi connectivity index (χ0v) is 7.40. The molecule has 4 N–H and O–H groups in total. The number of hydrogen-bond acceptors (Lipinski definition) is 4. The number of nitrogens with zero attached hydrogens (tertiary/aromatic N) is 2. The molecule has 6 heteroatoms. The molecule has 0 amide bonds. The molecule has 0 aliphatic carbocycles. The molecule has 0 saturated carbocycles. The number of rotatable bonds is 2. The van der Waals surface area contributed by atoms with E-state index in [9.17, 15) is 0 Å². The van der Waals surface area contributed by atoms with E-state index >= 15 is 0 Å². The number of guanidine groups is 1. The van der Waals surface area contributed by atoms with E-state index in [0.29, 0.717) is 11.6 Å². The Bertz CT molecular complexity index is 263. The van der Waals surface area contributed by atoms with Crippen molar-refractivity contribution in [2.24, 2.45) is 16.5 Å². The van der Waals surface area contributed by atoms with Crippen LogP contribution in [0.2, 0.25) is 0 Å². The van der Waals surface area contributed by atoms with Crippen LogP contribution in [0.1, 0.15) is 5.01 Å². The molecule has 0 fully saturated rings. The number of hydrogen-bond donors (Lipinski definition) is 3. The first-order chi connectivity index (χ1) is 5.22. The van der Waals surface area contributed by atoms with E-state index in [4.69, 9.17) is 11.5 Å². The maximum absolute atomic E-state index is 5.15. The van der Waals surface area contributed by atoms with Crippen LogP contribution in [-0.2, 0) is 5.75 Å². The summed E-state index contributed by atoms with van der Waals surface area (Å²) < 4.78 is 0. The van der Waals surface area contributed by atoms with E-state index in [2.05, 4.69) is 22.6 Å². The summed E-state index contributed by atoms with van der Waals surface area (Å²) in [4.78, 5) is 7.83. The van der Waals surface area contributed by atoms with Crippen LogP contribution in [0.4, 0.5) is 5.82 Å². The minimum absolute atomic E-state index is 0.0287. The SMILES string of the molecule is NC(N)=Nc1csc(CS)n1. The first kappa shape index (κ1) is 8.35. The smallest absolute Gasteiger partial charge is 0.192 e. The minimum Gasteiger partial charge on any atom is -0.370 e. The highest BCUT2D eigenvalue weighted by molar-refractivity contribution is 7.79. The summed E-state index contributed by atoms with van der Waals surface area (Å²) in [6.07, 6.45) is 0. The molecular formula is C5H8N4S2. The summed E-state index contributed by atoms with van der Waals surface area (Å²) in [5, 5.41) is 2.69. The first-order valence-corrected chi connectivity index (χ1v) is 4.38. The Morgan fingerprint density at radius 3 is 2.91 bits per heavy atom. The molecule has 1 aromatic rings. The summed E-state index contributed by atoms with van der Waals surface area (Å²) >= 11 is 5.54. The van der Waals surface area contributed by atoms with E-state index in [1.165, 1.54) is 11.3 Å². The van der Waals surface area contributed by atoms with Crippen molar-refractivity contribution >= 4 is 35.7 Å². The lowest BCUT2D eigenvalue weighted by Gasteiger charge is -1.86. The normalized spacial score (nSPS) is 9.55. The van der Waals surface area contributed by atoms with Crippen molar-refractivity contribution in [3.8, 4) is 0 Å². The number of aliphatic imine (C=N–C) groups is 1. The maximum atomic E-state index is 5.15. The van der Waals surface area contributed by atoms with Gasteiger partial charge in [0.05, 0.1) is 0 Å². The van der Waals surface area contributed by atoms with Crippen LogP contribution in [-0.4, -0.2) is 10.9 Å². The lowest BCUT2D eigenvalue weighted by atomic mass is 10.7. The lowest BCUT2D eigenvalue weighted by Crippen LogP contribution is -2.21. The number of aromatic nitrogens is 1. The monoisotopic (exact) mass is 188 g/mol. The van der Waals surface area contributed by atoms with Gasteiger partial charge in [-0.15, -0.1) is 11.3 Å². The zero-order valence-electron chi connectivity index (χ0n) is 5.69. The Balaban J connectivity index is 2.81. The zero-order chi connectivity index (χ0) is 8.27. The van der Waals surface area contributed by atoms with E-state index in [1.54, 1.807) is 5.38 Å². The summed E-state index contributed by atoms with van der Waals surface area (Å²) in [6.45, 7) is 0. The number of thiol groups is 1.